The number of hydrogen-bond acceptors (Lipinski definition) is 2. The molecule has 3 nitrogen and oxygen atoms in total. The first-order chi connectivity index (χ1) is 9.99. The molecule has 1 amide bonds. The lowest BCUT2D eigenvalue weighted by Crippen LogP contribution is -2.31. The van der Waals surface area contributed by atoms with Crippen molar-refractivity contribution in [2.45, 2.75) is 31.8 Å². The van der Waals surface area contributed by atoms with Crippen molar-refractivity contribution >= 4 is 29.1 Å². The number of hydrogen-bond donors (Lipinski definition) is 1. The Morgan fingerprint density at radius 3 is 2.86 bits per heavy atom. The van der Waals surface area contributed by atoms with Crippen LogP contribution in [0.15, 0.2) is 18.2 Å². The van der Waals surface area contributed by atoms with Crippen LogP contribution in [0.3, 0.4) is 0 Å². The van der Waals surface area contributed by atoms with E-state index in [1.165, 1.54) is 0 Å². The number of aliphatic hydroxyl groups excluding tert-OH is 1. The van der Waals surface area contributed by atoms with Crippen molar-refractivity contribution in [3.63, 3.8) is 0 Å². The number of nitrogens with zero attached hydrogens (tertiary/aromatic N) is 1. The van der Waals surface area contributed by atoms with Crippen LogP contribution in [0, 0.1) is 11.8 Å². The molecule has 2 fully saturated rings. The van der Waals surface area contributed by atoms with E-state index in [9.17, 15) is 9.90 Å². The van der Waals surface area contributed by atoms with Crippen LogP contribution in [0.25, 0.3) is 0 Å². The molecule has 1 heterocycles. The Morgan fingerprint density at radius 1 is 1.43 bits per heavy atom. The third kappa shape index (κ3) is 2.92. The largest absolute Gasteiger partial charge is 0.393 e. The lowest BCUT2D eigenvalue weighted by Gasteiger charge is -2.18. The Balaban J connectivity index is 1.65. The van der Waals surface area contributed by atoms with Gasteiger partial charge in [0.15, 0.2) is 0 Å². The summed E-state index contributed by atoms with van der Waals surface area (Å²) in [5.41, 5.74) is 0.980. The second-order valence-corrected chi connectivity index (χ2v) is 6.95. The second-order valence-electron chi connectivity index (χ2n) is 6.17. The number of carbonyl (C=O) groups excluding carboxylic acids is 1. The maximum Gasteiger partial charge on any atom is 0.226 e. The van der Waals surface area contributed by atoms with Crippen molar-refractivity contribution in [1.29, 1.82) is 0 Å². The molecular weight excluding hydrogens is 309 g/mol. The molecule has 114 valence electrons. The minimum Gasteiger partial charge on any atom is -0.393 e. The van der Waals surface area contributed by atoms with Gasteiger partial charge in [-0.25, -0.2) is 0 Å². The molecule has 21 heavy (non-hydrogen) atoms. The monoisotopic (exact) mass is 327 g/mol. The van der Waals surface area contributed by atoms with Gasteiger partial charge in [0.25, 0.3) is 0 Å². The van der Waals surface area contributed by atoms with Gasteiger partial charge < -0.3 is 10.0 Å². The molecule has 5 heteroatoms. The summed E-state index contributed by atoms with van der Waals surface area (Å²) in [4.78, 5) is 14.4. The molecule has 0 aromatic heterocycles. The predicted octanol–water partition coefficient (Wildman–Crippen LogP) is 3.33. The van der Waals surface area contributed by atoms with Crippen LogP contribution < -0.4 is 0 Å². The first-order valence-electron chi connectivity index (χ1n) is 7.39. The van der Waals surface area contributed by atoms with Crippen LogP contribution in [0.1, 0.15) is 31.2 Å². The number of likely N-dealkylation sites (tertiary alicyclic amines) is 1. The summed E-state index contributed by atoms with van der Waals surface area (Å²) in [6.45, 7) is 3.22. The van der Waals surface area contributed by atoms with E-state index in [0.717, 1.165) is 24.9 Å². The van der Waals surface area contributed by atoms with Crippen LogP contribution in [0.2, 0.25) is 10.0 Å². The third-order valence-corrected chi connectivity index (χ3v) is 5.54. The molecule has 0 bridgehead atoms. The van der Waals surface area contributed by atoms with Gasteiger partial charge in [-0.3, -0.25) is 4.79 Å². The van der Waals surface area contributed by atoms with E-state index in [-0.39, 0.29) is 29.8 Å². The van der Waals surface area contributed by atoms with Gasteiger partial charge in [-0.2, -0.15) is 0 Å². The first-order valence-corrected chi connectivity index (χ1v) is 8.15. The Morgan fingerprint density at radius 2 is 2.19 bits per heavy atom. The van der Waals surface area contributed by atoms with Gasteiger partial charge >= 0.3 is 0 Å². The van der Waals surface area contributed by atoms with Gasteiger partial charge in [0.2, 0.25) is 5.91 Å². The molecule has 1 aromatic carbocycles. The zero-order valence-electron chi connectivity index (χ0n) is 11.9. The maximum absolute atomic E-state index is 12.5. The molecule has 1 aliphatic carbocycles. The summed E-state index contributed by atoms with van der Waals surface area (Å²) in [6.07, 6.45) is 1.38. The van der Waals surface area contributed by atoms with E-state index in [1.807, 2.05) is 17.0 Å². The van der Waals surface area contributed by atoms with Crippen molar-refractivity contribution in [3.05, 3.63) is 33.8 Å². The van der Waals surface area contributed by atoms with Gasteiger partial charge in [0, 0.05) is 24.9 Å². The molecule has 1 saturated carbocycles. The fraction of sp³-hybridized carbons (Fsp3) is 0.562. The summed E-state index contributed by atoms with van der Waals surface area (Å²) < 4.78 is 0. The fourth-order valence-corrected chi connectivity index (χ4v) is 3.68. The average Bonchev–Trinajstić information content (AvgIpc) is 3.07. The molecule has 1 aliphatic heterocycles. The molecule has 1 aromatic rings. The van der Waals surface area contributed by atoms with Crippen molar-refractivity contribution in [1.82, 2.24) is 4.90 Å². The topological polar surface area (TPSA) is 40.5 Å². The summed E-state index contributed by atoms with van der Waals surface area (Å²) in [5.74, 6) is 0.614. The quantitative estimate of drug-likeness (QED) is 0.925. The van der Waals surface area contributed by atoms with E-state index in [0.29, 0.717) is 16.6 Å². The van der Waals surface area contributed by atoms with Gasteiger partial charge in [-0.05, 0) is 37.3 Å². The number of amides is 1. The fourth-order valence-electron chi connectivity index (χ4n) is 3.23. The number of carbonyl (C=O) groups is 1. The Hall–Kier alpha value is -0.770. The normalized spacial score (nSPS) is 29.5. The summed E-state index contributed by atoms with van der Waals surface area (Å²) in [6, 6.07) is 5.60. The van der Waals surface area contributed by atoms with Gasteiger partial charge in [0.05, 0.1) is 16.1 Å². The van der Waals surface area contributed by atoms with Crippen LogP contribution in [0.5, 0.6) is 0 Å². The third-order valence-electron chi connectivity index (χ3n) is 4.71. The van der Waals surface area contributed by atoms with E-state index in [2.05, 4.69) is 0 Å². The summed E-state index contributed by atoms with van der Waals surface area (Å²) in [5, 5.41) is 10.7. The number of halogens is 2. The van der Waals surface area contributed by atoms with E-state index >= 15 is 0 Å². The molecule has 2 aliphatic rings. The minimum absolute atomic E-state index is 0.0220. The first kappa shape index (κ1) is 15.1. The zero-order chi connectivity index (χ0) is 15.1. The van der Waals surface area contributed by atoms with Crippen molar-refractivity contribution in [2.75, 3.05) is 13.1 Å². The molecule has 0 radical (unpaired) electrons. The van der Waals surface area contributed by atoms with Crippen LogP contribution in [-0.2, 0) is 4.79 Å². The Labute approximate surface area is 134 Å². The number of benzene rings is 1. The van der Waals surface area contributed by atoms with Gasteiger partial charge in [-0.15, -0.1) is 0 Å². The Kier molecular flexibility index (Phi) is 4.17. The molecule has 1 saturated heterocycles. The Bertz CT molecular complexity index is 561. The van der Waals surface area contributed by atoms with Crippen molar-refractivity contribution in [3.8, 4) is 0 Å². The van der Waals surface area contributed by atoms with Gasteiger partial charge in [-0.1, -0.05) is 35.3 Å². The van der Waals surface area contributed by atoms with Crippen molar-refractivity contribution < 1.29 is 9.90 Å². The van der Waals surface area contributed by atoms with Crippen LogP contribution in [-0.4, -0.2) is 35.1 Å². The highest BCUT2D eigenvalue weighted by atomic mass is 35.5. The van der Waals surface area contributed by atoms with E-state index < -0.39 is 0 Å². The van der Waals surface area contributed by atoms with Gasteiger partial charge in [0.1, 0.15) is 0 Å². The highest BCUT2D eigenvalue weighted by molar-refractivity contribution is 6.42. The average molecular weight is 328 g/mol. The predicted molar refractivity (Wildman–Crippen MR) is 83.7 cm³/mol. The minimum atomic E-state index is -0.347. The highest BCUT2D eigenvalue weighted by Crippen LogP contribution is 2.51. The molecular formula is C16H19Cl2NO2. The molecule has 3 rings (SSSR count). The highest BCUT2D eigenvalue weighted by Gasteiger charge is 2.47. The van der Waals surface area contributed by atoms with Crippen molar-refractivity contribution in [2.24, 2.45) is 11.8 Å². The smallest absolute Gasteiger partial charge is 0.226 e. The SMILES string of the molecule is CC(O)C1CCN(C(=O)C2CC2c2cccc(Cl)c2Cl)C1. The second kappa shape index (κ2) is 5.79. The lowest BCUT2D eigenvalue weighted by atomic mass is 10.0. The van der Waals surface area contributed by atoms with E-state index in [1.54, 1.807) is 13.0 Å². The maximum atomic E-state index is 12.5. The molecule has 0 spiro atoms. The zero-order valence-corrected chi connectivity index (χ0v) is 13.4. The summed E-state index contributed by atoms with van der Waals surface area (Å²) >= 11 is 12.3. The number of rotatable bonds is 3. The summed E-state index contributed by atoms with van der Waals surface area (Å²) in [7, 11) is 0. The van der Waals surface area contributed by atoms with Crippen LogP contribution >= 0.6 is 23.2 Å². The molecule has 4 atom stereocenters. The van der Waals surface area contributed by atoms with E-state index in [4.69, 9.17) is 23.2 Å². The van der Waals surface area contributed by atoms with Crippen LogP contribution in [0.4, 0.5) is 0 Å². The molecule has 4 unspecified atom stereocenters. The lowest BCUT2D eigenvalue weighted by molar-refractivity contribution is -0.131. The number of aliphatic hydroxyl groups is 1. The molecule has 1 N–H and O–H groups in total. The standard InChI is InChI=1S/C16H19Cl2NO2/c1-9(20)10-5-6-19(8-10)16(21)13-7-12(13)11-3-2-4-14(17)15(11)18/h2-4,9-10,12-13,20H,5-8H2,1H3.